The maximum atomic E-state index is 13.4. The third-order valence-electron chi connectivity index (χ3n) is 3.57. The van der Waals surface area contributed by atoms with E-state index in [1.807, 2.05) is 0 Å². The van der Waals surface area contributed by atoms with E-state index in [2.05, 4.69) is 42.0 Å². The molecule has 0 aliphatic carbocycles. The summed E-state index contributed by atoms with van der Waals surface area (Å²) < 4.78 is 19.4. The van der Waals surface area contributed by atoms with Crippen molar-refractivity contribution in [2.45, 2.75) is 27.2 Å². The molecule has 1 rings (SSSR count). The molecule has 4 heteroatoms. The van der Waals surface area contributed by atoms with Crippen LogP contribution in [0, 0.1) is 17.2 Å². The maximum absolute atomic E-state index is 13.4. The average Bonchev–Trinajstić information content (AvgIpc) is 2.36. The second kappa shape index (κ2) is 8.11. The molecule has 0 saturated carbocycles. The highest BCUT2D eigenvalue weighted by Gasteiger charge is 2.25. The van der Waals surface area contributed by atoms with Crippen LogP contribution in [-0.4, -0.2) is 26.8 Å². The molecule has 0 radical (unpaired) electrons. The smallest absolute Gasteiger partial charge is 0.123 e. The minimum absolute atomic E-state index is 0.159. The second-order valence-corrected chi connectivity index (χ2v) is 7.05. The summed E-state index contributed by atoms with van der Waals surface area (Å²) in [6.45, 7) is 9.12. The number of hydrogen-bond acceptors (Lipinski definition) is 2. The molecule has 1 aromatic carbocycles. The van der Waals surface area contributed by atoms with E-state index in [-0.39, 0.29) is 11.2 Å². The van der Waals surface area contributed by atoms with Crippen LogP contribution in [0.5, 0.6) is 0 Å². The van der Waals surface area contributed by atoms with Gasteiger partial charge in [0.05, 0.1) is 6.61 Å². The molecule has 0 aliphatic heterocycles. The first kappa shape index (κ1) is 17.6. The molecular formula is C16H25BrFNO. The average molecular weight is 346 g/mol. The monoisotopic (exact) mass is 345 g/mol. The van der Waals surface area contributed by atoms with Crippen LogP contribution in [0.2, 0.25) is 0 Å². The zero-order chi connectivity index (χ0) is 15.2. The number of halogens is 2. The normalized spacial score (nSPS) is 13.5. The molecule has 1 N–H and O–H groups in total. The highest BCUT2D eigenvalue weighted by Crippen LogP contribution is 2.31. The predicted molar refractivity (Wildman–Crippen MR) is 85.5 cm³/mol. The molecule has 1 aromatic rings. The van der Waals surface area contributed by atoms with Gasteiger partial charge in [-0.25, -0.2) is 4.39 Å². The number of hydrogen-bond donors (Lipinski definition) is 1. The predicted octanol–water partition coefficient (Wildman–Crippen LogP) is 4.03. The molecule has 0 fully saturated rings. The summed E-state index contributed by atoms with van der Waals surface area (Å²) in [6, 6.07) is 4.89. The van der Waals surface area contributed by atoms with E-state index in [1.165, 1.54) is 6.07 Å². The Morgan fingerprint density at radius 2 is 2.05 bits per heavy atom. The van der Waals surface area contributed by atoms with Crippen LogP contribution in [-0.2, 0) is 11.2 Å². The lowest BCUT2D eigenvalue weighted by Gasteiger charge is -2.31. The van der Waals surface area contributed by atoms with E-state index < -0.39 is 0 Å². The molecule has 1 atom stereocenters. The van der Waals surface area contributed by atoms with E-state index in [1.54, 1.807) is 19.2 Å². The van der Waals surface area contributed by atoms with Crippen molar-refractivity contribution in [3.05, 3.63) is 34.1 Å². The number of methoxy groups -OCH3 is 1. The van der Waals surface area contributed by atoms with Crippen molar-refractivity contribution in [1.29, 1.82) is 0 Å². The molecule has 0 bridgehead atoms. The summed E-state index contributed by atoms with van der Waals surface area (Å²) in [5.74, 6) is 0.251. The molecule has 114 valence electrons. The van der Waals surface area contributed by atoms with E-state index in [0.717, 1.165) is 29.5 Å². The summed E-state index contributed by atoms with van der Waals surface area (Å²) in [7, 11) is 1.70. The van der Waals surface area contributed by atoms with Gasteiger partial charge in [0.1, 0.15) is 5.82 Å². The highest BCUT2D eigenvalue weighted by atomic mass is 79.9. The lowest BCUT2D eigenvalue weighted by molar-refractivity contribution is 0.186. The Kier molecular flexibility index (Phi) is 7.13. The number of benzene rings is 1. The van der Waals surface area contributed by atoms with Crippen molar-refractivity contribution in [3.63, 3.8) is 0 Å². The Labute approximate surface area is 130 Å². The maximum Gasteiger partial charge on any atom is 0.123 e. The van der Waals surface area contributed by atoms with Crippen molar-refractivity contribution in [2.75, 3.05) is 26.8 Å². The second-order valence-electron chi connectivity index (χ2n) is 6.20. The van der Waals surface area contributed by atoms with Crippen LogP contribution in [0.4, 0.5) is 4.39 Å². The topological polar surface area (TPSA) is 21.3 Å². The third-order valence-corrected chi connectivity index (χ3v) is 4.35. The van der Waals surface area contributed by atoms with Crippen molar-refractivity contribution in [3.8, 4) is 0 Å². The standard InChI is InChI=1S/C16H25BrFNO/c1-16(2,3)13(11-19-7-8-20-4)9-12-10-14(18)5-6-15(12)17/h5-6,10,13,19H,7-9,11H2,1-4H3. The van der Waals surface area contributed by atoms with Gasteiger partial charge in [-0.05, 0) is 48.1 Å². The molecule has 0 aromatic heterocycles. The van der Waals surface area contributed by atoms with E-state index in [9.17, 15) is 4.39 Å². The molecular weight excluding hydrogens is 321 g/mol. The van der Waals surface area contributed by atoms with Crippen molar-refractivity contribution in [1.82, 2.24) is 5.32 Å². The fraction of sp³-hybridized carbons (Fsp3) is 0.625. The van der Waals surface area contributed by atoms with Crippen LogP contribution >= 0.6 is 15.9 Å². The molecule has 0 amide bonds. The van der Waals surface area contributed by atoms with Gasteiger partial charge in [-0.2, -0.15) is 0 Å². The Bertz CT molecular complexity index is 417. The van der Waals surface area contributed by atoms with E-state index in [4.69, 9.17) is 4.74 Å². The molecule has 0 spiro atoms. The SMILES string of the molecule is COCCNCC(Cc1cc(F)ccc1Br)C(C)(C)C. The van der Waals surface area contributed by atoms with Gasteiger partial charge in [0, 0.05) is 18.1 Å². The summed E-state index contributed by atoms with van der Waals surface area (Å²) in [5.41, 5.74) is 1.18. The van der Waals surface area contributed by atoms with Gasteiger partial charge in [0.25, 0.3) is 0 Å². The minimum Gasteiger partial charge on any atom is -0.383 e. The van der Waals surface area contributed by atoms with Crippen molar-refractivity contribution < 1.29 is 9.13 Å². The van der Waals surface area contributed by atoms with Gasteiger partial charge < -0.3 is 10.1 Å². The zero-order valence-corrected chi connectivity index (χ0v) is 14.4. The zero-order valence-electron chi connectivity index (χ0n) is 12.8. The van der Waals surface area contributed by atoms with Crippen molar-refractivity contribution in [2.24, 2.45) is 11.3 Å². The quantitative estimate of drug-likeness (QED) is 0.753. The van der Waals surface area contributed by atoms with Crippen LogP contribution < -0.4 is 5.32 Å². The molecule has 1 unspecified atom stereocenters. The van der Waals surface area contributed by atoms with Gasteiger partial charge in [0.2, 0.25) is 0 Å². The van der Waals surface area contributed by atoms with Gasteiger partial charge in [0.15, 0.2) is 0 Å². The number of nitrogens with one attached hydrogen (secondary N) is 1. The van der Waals surface area contributed by atoms with Gasteiger partial charge in [-0.3, -0.25) is 0 Å². The lowest BCUT2D eigenvalue weighted by Crippen LogP contribution is -2.34. The van der Waals surface area contributed by atoms with E-state index >= 15 is 0 Å². The fourth-order valence-electron chi connectivity index (χ4n) is 2.10. The van der Waals surface area contributed by atoms with Crippen LogP contribution in [0.1, 0.15) is 26.3 Å². The molecule has 2 nitrogen and oxygen atoms in total. The Morgan fingerprint density at radius 1 is 1.35 bits per heavy atom. The van der Waals surface area contributed by atoms with Gasteiger partial charge >= 0.3 is 0 Å². The first-order chi connectivity index (χ1) is 9.34. The fourth-order valence-corrected chi connectivity index (χ4v) is 2.51. The lowest BCUT2D eigenvalue weighted by atomic mass is 9.77. The minimum atomic E-state index is -0.178. The van der Waals surface area contributed by atoms with Crippen LogP contribution in [0.15, 0.2) is 22.7 Å². The molecule has 20 heavy (non-hydrogen) atoms. The first-order valence-electron chi connectivity index (χ1n) is 6.98. The molecule has 0 aliphatic rings. The number of rotatable bonds is 7. The van der Waals surface area contributed by atoms with Crippen LogP contribution in [0.3, 0.4) is 0 Å². The van der Waals surface area contributed by atoms with Gasteiger partial charge in [-0.15, -0.1) is 0 Å². The summed E-state index contributed by atoms with van der Waals surface area (Å²) in [6.07, 6.45) is 0.849. The highest BCUT2D eigenvalue weighted by molar-refractivity contribution is 9.10. The van der Waals surface area contributed by atoms with Gasteiger partial charge in [-0.1, -0.05) is 36.7 Å². The Hall–Kier alpha value is -0.450. The molecule has 0 saturated heterocycles. The van der Waals surface area contributed by atoms with E-state index in [0.29, 0.717) is 12.5 Å². The largest absolute Gasteiger partial charge is 0.383 e. The number of ether oxygens (including phenoxy) is 1. The third kappa shape index (κ3) is 5.90. The Morgan fingerprint density at radius 3 is 2.65 bits per heavy atom. The molecule has 0 heterocycles. The summed E-state index contributed by atoms with van der Waals surface area (Å²) in [4.78, 5) is 0. The van der Waals surface area contributed by atoms with Crippen molar-refractivity contribution >= 4 is 15.9 Å². The summed E-state index contributed by atoms with van der Waals surface area (Å²) >= 11 is 3.51. The van der Waals surface area contributed by atoms with Crippen LogP contribution in [0.25, 0.3) is 0 Å². The summed E-state index contributed by atoms with van der Waals surface area (Å²) in [5, 5.41) is 3.41. The first-order valence-corrected chi connectivity index (χ1v) is 7.77. The Balaban J connectivity index is 2.71.